The second kappa shape index (κ2) is 8.66. The molecule has 0 fully saturated rings. The van der Waals surface area contributed by atoms with Gasteiger partial charge in [-0.15, -0.1) is 0 Å². The Bertz CT molecular complexity index is 1090. The molecule has 1 amide bonds. The Morgan fingerprint density at radius 3 is 2.79 bits per heavy atom. The summed E-state index contributed by atoms with van der Waals surface area (Å²) in [5.74, 6) is 1.82. The van der Waals surface area contributed by atoms with E-state index in [1.54, 1.807) is 24.7 Å². The van der Waals surface area contributed by atoms with Crippen LogP contribution in [0.25, 0.3) is 11.3 Å². The Balaban J connectivity index is 1.94. The van der Waals surface area contributed by atoms with Crippen molar-refractivity contribution in [3.63, 3.8) is 0 Å². The van der Waals surface area contributed by atoms with E-state index in [1.807, 2.05) is 29.0 Å². The molecule has 0 aliphatic heterocycles. The van der Waals surface area contributed by atoms with Crippen LogP contribution in [0.3, 0.4) is 0 Å². The molecule has 0 aliphatic carbocycles. The van der Waals surface area contributed by atoms with Crippen molar-refractivity contribution < 1.29 is 22.4 Å². The fourth-order valence-corrected chi connectivity index (χ4v) is 2.96. The Hall–Kier alpha value is -3.20. The molecule has 0 atom stereocenters. The molecule has 3 aromatic rings. The lowest BCUT2D eigenvalue weighted by molar-refractivity contribution is 0.212. The van der Waals surface area contributed by atoms with Gasteiger partial charge in [-0.2, -0.15) is 8.42 Å². The predicted molar refractivity (Wildman–Crippen MR) is 101 cm³/mol. The topological polar surface area (TPSA) is 104 Å². The minimum atomic E-state index is -2.88. The van der Waals surface area contributed by atoms with Crippen molar-refractivity contribution in [2.75, 3.05) is 0 Å². The Morgan fingerprint density at radius 2 is 2.11 bits per heavy atom. The second-order valence-corrected chi connectivity index (χ2v) is 7.22. The normalized spacial score (nSPS) is 10.8. The van der Waals surface area contributed by atoms with Gasteiger partial charge in [0, 0.05) is 12.4 Å². The highest BCUT2D eigenvalue weighted by molar-refractivity contribution is 7.62. The van der Waals surface area contributed by atoms with Crippen molar-refractivity contribution in [3.05, 3.63) is 60.4 Å². The van der Waals surface area contributed by atoms with Gasteiger partial charge in [0.05, 0.1) is 18.4 Å². The molecule has 0 saturated heterocycles. The molecule has 1 aromatic carbocycles. The molecule has 3 rings (SSSR count). The first-order valence-corrected chi connectivity index (χ1v) is 9.64. The number of rotatable bonds is 6. The van der Waals surface area contributed by atoms with E-state index in [0.29, 0.717) is 29.5 Å². The largest absolute Gasteiger partial charge is 0.459 e. The average Bonchev–Trinajstić information content (AvgIpc) is 3.27. The van der Waals surface area contributed by atoms with Crippen molar-refractivity contribution in [3.8, 4) is 17.1 Å². The van der Waals surface area contributed by atoms with Gasteiger partial charge >= 0.3 is 16.6 Å². The van der Waals surface area contributed by atoms with Gasteiger partial charge in [-0.1, -0.05) is 24.3 Å². The van der Waals surface area contributed by atoms with Crippen LogP contribution in [0, 0.1) is 5.92 Å². The third-order valence-electron chi connectivity index (χ3n) is 3.86. The zero-order valence-electron chi connectivity index (χ0n) is 15.4. The minimum absolute atomic E-state index is 0.176. The van der Waals surface area contributed by atoms with Gasteiger partial charge < -0.3 is 13.7 Å². The molecule has 2 heterocycles. The summed E-state index contributed by atoms with van der Waals surface area (Å²) in [6.07, 6.45) is 4.81. The summed E-state index contributed by atoms with van der Waals surface area (Å²) in [4.78, 5) is 15.7. The van der Waals surface area contributed by atoms with E-state index in [-0.39, 0.29) is 5.75 Å². The van der Waals surface area contributed by atoms with E-state index in [2.05, 4.69) is 23.2 Å². The molecule has 0 radical (unpaired) electrons. The van der Waals surface area contributed by atoms with Crippen LogP contribution in [0.2, 0.25) is 0 Å². The Labute approximate surface area is 163 Å². The number of carbonyl (C=O) groups excluding carboxylic acids is 1. The number of hydrogen-bond donors (Lipinski definition) is 0. The van der Waals surface area contributed by atoms with Crippen LogP contribution in [0.5, 0.6) is 5.75 Å². The van der Waals surface area contributed by atoms with Gasteiger partial charge in [0.1, 0.15) is 17.3 Å². The maximum absolute atomic E-state index is 11.7. The van der Waals surface area contributed by atoms with E-state index >= 15 is 0 Å². The van der Waals surface area contributed by atoms with Crippen molar-refractivity contribution >= 4 is 16.6 Å². The highest BCUT2D eigenvalue weighted by Gasteiger charge is 2.16. The Morgan fingerprint density at radius 1 is 1.29 bits per heavy atom. The van der Waals surface area contributed by atoms with E-state index in [0.717, 1.165) is 12.0 Å². The smallest absolute Gasteiger partial charge is 0.454 e. The molecular weight excluding hydrogens is 382 g/mol. The van der Waals surface area contributed by atoms with E-state index in [9.17, 15) is 13.2 Å². The summed E-state index contributed by atoms with van der Waals surface area (Å²) in [7, 11) is -2.88. The van der Waals surface area contributed by atoms with Crippen LogP contribution in [-0.4, -0.2) is 24.1 Å². The van der Waals surface area contributed by atoms with Gasteiger partial charge in [0.15, 0.2) is 0 Å². The second-order valence-electron chi connectivity index (χ2n) is 6.61. The van der Waals surface area contributed by atoms with Crippen LogP contribution >= 0.6 is 0 Å². The number of benzene rings is 1. The van der Waals surface area contributed by atoms with Crippen LogP contribution in [0.15, 0.2) is 57.8 Å². The fourth-order valence-electron chi connectivity index (χ4n) is 2.80. The highest BCUT2D eigenvalue weighted by atomic mass is 32.2. The Kier molecular flexibility index (Phi) is 6.05. The molecule has 0 N–H and O–H groups in total. The third kappa shape index (κ3) is 5.17. The fraction of sp³-hybridized carbons (Fsp3) is 0.263. The molecule has 8 nitrogen and oxygen atoms in total. The van der Waals surface area contributed by atoms with Gasteiger partial charge in [-0.25, -0.2) is 9.78 Å². The zero-order chi connectivity index (χ0) is 20.1. The van der Waals surface area contributed by atoms with E-state index in [4.69, 9.17) is 9.15 Å². The van der Waals surface area contributed by atoms with Gasteiger partial charge in [0.25, 0.3) is 0 Å². The summed E-state index contributed by atoms with van der Waals surface area (Å²) in [5, 5.41) is 0. The van der Waals surface area contributed by atoms with Crippen LogP contribution in [-0.2, 0) is 23.5 Å². The molecule has 0 saturated carbocycles. The lowest BCUT2D eigenvalue weighted by Gasteiger charge is -2.11. The number of ether oxygens (including phenoxy) is 1. The number of amides is 1. The summed E-state index contributed by atoms with van der Waals surface area (Å²) < 4.78 is 36.9. The van der Waals surface area contributed by atoms with Crippen molar-refractivity contribution in [2.45, 2.75) is 26.8 Å². The number of carbonyl (C=O) groups is 1. The summed E-state index contributed by atoms with van der Waals surface area (Å²) in [6, 6.07) is 8.92. The standard InChI is InChI=1S/C19H19N3O5S/c1-13(2)9-14-3-5-18(27-19(23)21-28(24)25)16(10-14)17-6-4-15(26-17)11-22-8-7-20-12-22/h3-8,10,12-13H,9,11H2,1-2H3. The van der Waals surface area contributed by atoms with Gasteiger partial charge in [-0.3, -0.25) is 0 Å². The van der Waals surface area contributed by atoms with E-state index in [1.165, 1.54) is 0 Å². The van der Waals surface area contributed by atoms with E-state index < -0.39 is 16.6 Å². The molecule has 28 heavy (non-hydrogen) atoms. The zero-order valence-corrected chi connectivity index (χ0v) is 16.2. The summed E-state index contributed by atoms with van der Waals surface area (Å²) in [6.45, 7) is 4.71. The minimum Gasteiger partial charge on any atom is -0.459 e. The van der Waals surface area contributed by atoms with Gasteiger partial charge in [0.2, 0.25) is 0 Å². The monoisotopic (exact) mass is 401 g/mol. The maximum Gasteiger partial charge on any atom is 0.454 e. The molecule has 0 bridgehead atoms. The summed E-state index contributed by atoms with van der Waals surface area (Å²) >= 11 is 0. The molecule has 0 unspecified atom stereocenters. The van der Waals surface area contributed by atoms with Crippen molar-refractivity contribution in [1.29, 1.82) is 0 Å². The predicted octanol–water partition coefficient (Wildman–Crippen LogP) is 3.95. The lowest BCUT2D eigenvalue weighted by Crippen LogP contribution is -2.03. The summed E-state index contributed by atoms with van der Waals surface area (Å²) in [5.41, 5.74) is 1.59. The molecular formula is C19H19N3O5S. The van der Waals surface area contributed by atoms with Gasteiger partial charge in [-0.05, 0) is 42.2 Å². The number of aromatic nitrogens is 2. The first-order chi connectivity index (χ1) is 13.4. The van der Waals surface area contributed by atoms with Crippen LogP contribution < -0.4 is 4.74 Å². The van der Waals surface area contributed by atoms with Crippen LogP contribution in [0.1, 0.15) is 25.2 Å². The van der Waals surface area contributed by atoms with Crippen molar-refractivity contribution in [2.24, 2.45) is 10.3 Å². The molecule has 0 spiro atoms. The SMILES string of the molecule is CC(C)Cc1ccc(OC(=O)N=S(=O)=O)c(-c2ccc(Cn3ccnc3)o2)c1. The number of hydrogen-bond acceptors (Lipinski definition) is 6. The third-order valence-corrected chi connectivity index (χ3v) is 4.16. The number of furan rings is 1. The average molecular weight is 401 g/mol. The quantitative estimate of drug-likeness (QED) is 0.619. The molecule has 146 valence electrons. The maximum atomic E-state index is 11.7. The molecule has 9 heteroatoms. The highest BCUT2D eigenvalue weighted by Crippen LogP contribution is 2.33. The number of imidazole rings is 1. The number of nitrogens with zero attached hydrogens (tertiary/aromatic N) is 3. The first kappa shape index (κ1) is 19.6. The lowest BCUT2D eigenvalue weighted by atomic mass is 9.99. The molecule has 2 aromatic heterocycles. The van der Waals surface area contributed by atoms with Crippen molar-refractivity contribution in [1.82, 2.24) is 9.55 Å². The first-order valence-electron chi connectivity index (χ1n) is 8.61. The van der Waals surface area contributed by atoms with Crippen LogP contribution in [0.4, 0.5) is 4.79 Å². The molecule has 0 aliphatic rings.